The van der Waals surface area contributed by atoms with Crippen LogP contribution in [-0.2, 0) is 11.9 Å². The standard InChI is InChI=1S/C23H24F3N5OS/c1-16-27-28-22(31(16)19-8-5-7-18(14-19)23(24,25)26)33-15-17-6-3-4-9-20(17)21(32)30-12-10-29(2)11-13-30/h3-9,14H,10-13,15H2,1-2H3. The number of carbonyl (C=O) groups excluding carboxylic acids is 1. The molecule has 1 aromatic heterocycles. The molecule has 0 saturated carbocycles. The van der Waals surface area contributed by atoms with Crippen molar-refractivity contribution in [3.8, 4) is 5.69 Å². The molecule has 2 heterocycles. The third kappa shape index (κ3) is 5.22. The fourth-order valence-corrected chi connectivity index (χ4v) is 4.73. The summed E-state index contributed by atoms with van der Waals surface area (Å²) < 4.78 is 41.2. The Morgan fingerprint density at radius 3 is 2.48 bits per heavy atom. The molecular formula is C23H24F3N5OS. The molecule has 4 rings (SSSR count). The minimum absolute atomic E-state index is 0.00479. The Balaban J connectivity index is 1.56. The monoisotopic (exact) mass is 475 g/mol. The Morgan fingerprint density at radius 2 is 1.76 bits per heavy atom. The van der Waals surface area contributed by atoms with Crippen LogP contribution < -0.4 is 0 Å². The molecule has 0 bridgehead atoms. The first-order chi connectivity index (χ1) is 15.7. The van der Waals surface area contributed by atoms with Gasteiger partial charge in [-0.1, -0.05) is 36.0 Å². The second kappa shape index (κ2) is 9.56. The summed E-state index contributed by atoms with van der Waals surface area (Å²) in [5, 5.41) is 8.70. The molecule has 174 valence electrons. The minimum Gasteiger partial charge on any atom is -0.336 e. The van der Waals surface area contributed by atoms with Gasteiger partial charge < -0.3 is 9.80 Å². The van der Waals surface area contributed by atoms with Crippen LogP contribution >= 0.6 is 11.8 Å². The maximum atomic E-state index is 13.2. The Morgan fingerprint density at radius 1 is 1.03 bits per heavy atom. The second-order valence-corrected chi connectivity index (χ2v) is 8.90. The highest BCUT2D eigenvalue weighted by atomic mass is 32.2. The summed E-state index contributed by atoms with van der Waals surface area (Å²) in [6.45, 7) is 4.73. The van der Waals surface area contributed by atoms with Crippen LogP contribution in [0.25, 0.3) is 5.69 Å². The number of aromatic nitrogens is 3. The van der Waals surface area contributed by atoms with Crippen LogP contribution in [0.15, 0.2) is 53.7 Å². The topological polar surface area (TPSA) is 54.3 Å². The Bertz CT molecular complexity index is 1140. The van der Waals surface area contributed by atoms with Gasteiger partial charge in [0.2, 0.25) is 0 Å². The summed E-state index contributed by atoms with van der Waals surface area (Å²) in [4.78, 5) is 17.2. The molecule has 33 heavy (non-hydrogen) atoms. The number of halogens is 3. The molecule has 0 N–H and O–H groups in total. The first-order valence-corrected chi connectivity index (χ1v) is 11.5. The molecule has 1 saturated heterocycles. The molecule has 0 aliphatic carbocycles. The van der Waals surface area contributed by atoms with Crippen LogP contribution in [0.2, 0.25) is 0 Å². The summed E-state index contributed by atoms with van der Waals surface area (Å²) in [7, 11) is 2.04. The van der Waals surface area contributed by atoms with E-state index in [1.807, 2.05) is 36.2 Å². The molecule has 1 aliphatic heterocycles. The number of hydrogen-bond acceptors (Lipinski definition) is 5. The number of alkyl halides is 3. The lowest BCUT2D eigenvalue weighted by atomic mass is 10.1. The molecule has 0 spiro atoms. The number of benzene rings is 2. The zero-order valence-electron chi connectivity index (χ0n) is 18.3. The summed E-state index contributed by atoms with van der Waals surface area (Å²) in [6, 6.07) is 12.5. The molecule has 6 nitrogen and oxygen atoms in total. The van der Waals surface area contributed by atoms with Gasteiger partial charge in [-0.05, 0) is 43.8 Å². The predicted octanol–water partition coefficient (Wildman–Crippen LogP) is 4.27. The molecule has 1 aliphatic rings. The van der Waals surface area contributed by atoms with Crippen LogP contribution in [0, 0.1) is 6.92 Å². The molecule has 0 atom stereocenters. The normalized spacial score (nSPS) is 15.1. The van der Waals surface area contributed by atoms with E-state index in [-0.39, 0.29) is 5.91 Å². The SMILES string of the molecule is Cc1nnc(SCc2ccccc2C(=O)N2CCN(C)CC2)n1-c1cccc(C(F)(F)F)c1. The van der Waals surface area contributed by atoms with E-state index >= 15 is 0 Å². The Kier molecular flexibility index (Phi) is 6.76. The zero-order chi connectivity index (χ0) is 23.6. The van der Waals surface area contributed by atoms with Crippen molar-refractivity contribution in [1.82, 2.24) is 24.6 Å². The van der Waals surface area contributed by atoms with E-state index in [9.17, 15) is 18.0 Å². The third-order valence-electron chi connectivity index (χ3n) is 5.62. The van der Waals surface area contributed by atoms with Gasteiger partial charge >= 0.3 is 6.18 Å². The average molecular weight is 476 g/mol. The smallest absolute Gasteiger partial charge is 0.336 e. The highest BCUT2D eigenvalue weighted by molar-refractivity contribution is 7.98. The van der Waals surface area contributed by atoms with Gasteiger partial charge in [-0.3, -0.25) is 9.36 Å². The lowest BCUT2D eigenvalue weighted by Crippen LogP contribution is -2.47. The molecule has 3 aromatic rings. The van der Waals surface area contributed by atoms with E-state index in [1.54, 1.807) is 17.6 Å². The average Bonchev–Trinajstić information content (AvgIpc) is 3.17. The van der Waals surface area contributed by atoms with E-state index in [4.69, 9.17) is 0 Å². The van der Waals surface area contributed by atoms with Crippen LogP contribution in [0.5, 0.6) is 0 Å². The van der Waals surface area contributed by atoms with Crippen molar-refractivity contribution >= 4 is 17.7 Å². The van der Waals surface area contributed by atoms with E-state index in [0.29, 0.717) is 41.1 Å². The fraction of sp³-hybridized carbons (Fsp3) is 0.348. The highest BCUT2D eigenvalue weighted by Gasteiger charge is 2.31. The summed E-state index contributed by atoms with van der Waals surface area (Å²) in [5.41, 5.74) is 1.10. The number of likely N-dealkylation sites (N-methyl/N-ethyl adjacent to an activating group) is 1. The fourth-order valence-electron chi connectivity index (χ4n) is 3.73. The second-order valence-electron chi connectivity index (χ2n) is 7.95. The molecule has 0 radical (unpaired) electrons. The zero-order valence-corrected chi connectivity index (χ0v) is 19.2. The van der Waals surface area contributed by atoms with E-state index in [2.05, 4.69) is 15.1 Å². The van der Waals surface area contributed by atoms with Crippen molar-refractivity contribution < 1.29 is 18.0 Å². The van der Waals surface area contributed by atoms with Gasteiger partial charge in [0.05, 0.1) is 5.56 Å². The van der Waals surface area contributed by atoms with Crippen LogP contribution in [-0.4, -0.2) is 63.7 Å². The maximum absolute atomic E-state index is 13.2. The van der Waals surface area contributed by atoms with Gasteiger partial charge in [0.15, 0.2) is 5.16 Å². The highest BCUT2D eigenvalue weighted by Crippen LogP contribution is 2.32. The van der Waals surface area contributed by atoms with Crippen LogP contribution in [0.1, 0.15) is 27.3 Å². The van der Waals surface area contributed by atoms with Crippen molar-refractivity contribution in [2.75, 3.05) is 33.2 Å². The number of nitrogens with zero attached hydrogens (tertiary/aromatic N) is 5. The van der Waals surface area contributed by atoms with Crippen molar-refractivity contribution in [2.24, 2.45) is 0 Å². The summed E-state index contributed by atoms with van der Waals surface area (Å²) in [5.74, 6) is 0.917. The van der Waals surface area contributed by atoms with Gasteiger partial charge in [-0.25, -0.2) is 0 Å². The number of thioether (sulfide) groups is 1. The third-order valence-corrected chi connectivity index (χ3v) is 6.60. The van der Waals surface area contributed by atoms with Crippen LogP contribution in [0.4, 0.5) is 13.2 Å². The van der Waals surface area contributed by atoms with Gasteiger partial charge in [-0.15, -0.1) is 10.2 Å². The Hall–Kier alpha value is -2.85. The maximum Gasteiger partial charge on any atom is 0.416 e. The lowest BCUT2D eigenvalue weighted by Gasteiger charge is -2.32. The quantitative estimate of drug-likeness (QED) is 0.516. The largest absolute Gasteiger partial charge is 0.416 e. The van der Waals surface area contributed by atoms with E-state index < -0.39 is 11.7 Å². The number of carbonyl (C=O) groups is 1. The number of hydrogen-bond donors (Lipinski definition) is 0. The molecule has 1 fully saturated rings. The predicted molar refractivity (Wildman–Crippen MR) is 121 cm³/mol. The first kappa shape index (κ1) is 23.3. The molecule has 0 unspecified atom stereocenters. The first-order valence-electron chi connectivity index (χ1n) is 10.5. The number of aryl methyl sites for hydroxylation is 1. The number of amides is 1. The molecule has 2 aromatic carbocycles. The number of piperazine rings is 1. The minimum atomic E-state index is -4.44. The van der Waals surface area contributed by atoms with Gasteiger partial charge in [-0.2, -0.15) is 13.2 Å². The molecular weight excluding hydrogens is 451 g/mol. The van der Waals surface area contributed by atoms with Gasteiger partial charge in [0.1, 0.15) is 5.82 Å². The summed E-state index contributed by atoms with van der Waals surface area (Å²) >= 11 is 1.34. The molecule has 10 heteroatoms. The summed E-state index contributed by atoms with van der Waals surface area (Å²) in [6.07, 6.45) is -4.44. The van der Waals surface area contributed by atoms with Gasteiger partial charge in [0, 0.05) is 43.2 Å². The van der Waals surface area contributed by atoms with Crippen molar-refractivity contribution in [3.05, 3.63) is 71.0 Å². The van der Waals surface area contributed by atoms with Crippen LogP contribution in [0.3, 0.4) is 0 Å². The number of rotatable bonds is 5. The van der Waals surface area contributed by atoms with Crippen molar-refractivity contribution in [2.45, 2.75) is 24.0 Å². The van der Waals surface area contributed by atoms with E-state index in [0.717, 1.165) is 30.8 Å². The van der Waals surface area contributed by atoms with Crippen molar-refractivity contribution in [1.29, 1.82) is 0 Å². The van der Waals surface area contributed by atoms with Crippen molar-refractivity contribution in [3.63, 3.8) is 0 Å². The van der Waals surface area contributed by atoms with Gasteiger partial charge in [0.25, 0.3) is 5.91 Å². The lowest BCUT2D eigenvalue weighted by molar-refractivity contribution is -0.137. The Labute approximate surface area is 194 Å². The van der Waals surface area contributed by atoms with E-state index in [1.165, 1.54) is 17.8 Å². The molecule has 1 amide bonds.